The highest BCUT2D eigenvalue weighted by atomic mass is 16.5. The molecule has 2 aromatic carbocycles. The number of aromatic nitrogens is 1. The topological polar surface area (TPSA) is 63.3 Å². The lowest BCUT2D eigenvalue weighted by Gasteiger charge is -2.03. The summed E-state index contributed by atoms with van der Waals surface area (Å²) in [5, 5.41) is 13.1. The summed E-state index contributed by atoms with van der Waals surface area (Å²) in [6, 6.07) is 17.0. The Morgan fingerprint density at radius 3 is 2.21 bits per heavy atom. The molecule has 0 unspecified atom stereocenters. The third-order valence-corrected chi connectivity index (χ3v) is 5.00. The summed E-state index contributed by atoms with van der Waals surface area (Å²) in [7, 11) is 0. The van der Waals surface area contributed by atoms with Gasteiger partial charge >= 0.3 is 5.97 Å². The Balaban J connectivity index is 1.58. The molecule has 0 fully saturated rings. The maximum Gasteiger partial charge on any atom is 0.335 e. The Bertz CT molecular complexity index is 879. The van der Waals surface area contributed by atoms with Gasteiger partial charge in [-0.05, 0) is 30.5 Å². The molecule has 0 aliphatic carbocycles. The average molecular weight is 377 g/mol. The number of rotatable bonds is 10. The summed E-state index contributed by atoms with van der Waals surface area (Å²) < 4.78 is 5.49. The van der Waals surface area contributed by atoms with Crippen molar-refractivity contribution in [1.82, 2.24) is 5.16 Å². The fourth-order valence-electron chi connectivity index (χ4n) is 3.28. The molecule has 0 saturated carbocycles. The van der Waals surface area contributed by atoms with Gasteiger partial charge in [-0.25, -0.2) is 4.79 Å². The first-order chi connectivity index (χ1) is 13.7. The van der Waals surface area contributed by atoms with E-state index >= 15 is 0 Å². The lowest BCUT2D eigenvalue weighted by molar-refractivity contribution is 0.0697. The van der Waals surface area contributed by atoms with Crippen molar-refractivity contribution in [1.29, 1.82) is 0 Å². The van der Waals surface area contributed by atoms with Crippen molar-refractivity contribution in [2.75, 3.05) is 0 Å². The largest absolute Gasteiger partial charge is 0.478 e. The Morgan fingerprint density at radius 1 is 0.893 bits per heavy atom. The molecule has 3 rings (SSSR count). The number of benzene rings is 2. The predicted octanol–water partition coefficient (Wildman–Crippen LogP) is 6.61. The minimum Gasteiger partial charge on any atom is -0.478 e. The quantitative estimate of drug-likeness (QED) is 0.404. The second-order valence-electron chi connectivity index (χ2n) is 7.17. The van der Waals surface area contributed by atoms with Gasteiger partial charge in [0.25, 0.3) is 0 Å². The van der Waals surface area contributed by atoms with E-state index in [1.165, 1.54) is 44.1 Å². The van der Waals surface area contributed by atoms with E-state index in [0.29, 0.717) is 11.5 Å². The van der Waals surface area contributed by atoms with Gasteiger partial charge in [0.15, 0.2) is 5.76 Å². The number of hydrogen-bond acceptors (Lipinski definition) is 3. The van der Waals surface area contributed by atoms with Crippen molar-refractivity contribution < 1.29 is 14.4 Å². The normalized spacial score (nSPS) is 10.9. The van der Waals surface area contributed by atoms with Crippen LogP contribution >= 0.6 is 0 Å². The van der Waals surface area contributed by atoms with Crippen LogP contribution < -0.4 is 0 Å². The second kappa shape index (κ2) is 9.88. The number of carbonyl (C=O) groups is 1. The van der Waals surface area contributed by atoms with Crippen molar-refractivity contribution in [3.63, 3.8) is 0 Å². The summed E-state index contributed by atoms with van der Waals surface area (Å²) in [6.07, 6.45) is 8.97. The third-order valence-electron chi connectivity index (χ3n) is 5.00. The van der Waals surface area contributed by atoms with Crippen molar-refractivity contribution in [3.05, 3.63) is 65.7 Å². The molecule has 1 aromatic heterocycles. The smallest absolute Gasteiger partial charge is 0.335 e. The summed E-state index contributed by atoms with van der Waals surface area (Å²) in [5.74, 6) is -0.225. The summed E-state index contributed by atoms with van der Waals surface area (Å²) in [4.78, 5) is 11.0. The lowest BCUT2D eigenvalue weighted by atomic mass is 10.0. The lowest BCUT2D eigenvalue weighted by Crippen LogP contribution is -1.94. The first kappa shape index (κ1) is 19.9. The number of aryl methyl sites for hydroxylation is 1. The molecule has 4 nitrogen and oxygen atoms in total. The van der Waals surface area contributed by atoms with E-state index in [9.17, 15) is 4.79 Å². The van der Waals surface area contributed by atoms with Crippen LogP contribution in [0.25, 0.3) is 22.6 Å². The highest BCUT2D eigenvalue weighted by Gasteiger charge is 2.10. The van der Waals surface area contributed by atoms with Crippen LogP contribution in [0.4, 0.5) is 0 Å². The Hall–Kier alpha value is -2.88. The van der Waals surface area contributed by atoms with E-state index in [-0.39, 0.29) is 5.56 Å². The highest BCUT2D eigenvalue weighted by molar-refractivity contribution is 5.88. The minimum absolute atomic E-state index is 0.258. The number of hydrogen-bond donors (Lipinski definition) is 1. The van der Waals surface area contributed by atoms with Gasteiger partial charge in [0, 0.05) is 17.2 Å². The molecule has 0 amide bonds. The maximum atomic E-state index is 11.0. The Kier molecular flexibility index (Phi) is 7.01. The van der Waals surface area contributed by atoms with Crippen LogP contribution in [0.15, 0.2) is 59.1 Å². The molecule has 1 heterocycles. The van der Waals surface area contributed by atoms with Crippen molar-refractivity contribution >= 4 is 5.97 Å². The number of carboxylic acids is 1. The Labute approximate surface area is 166 Å². The molecule has 0 bridgehead atoms. The maximum absolute atomic E-state index is 11.0. The predicted molar refractivity (Wildman–Crippen MR) is 111 cm³/mol. The number of carboxylic acid groups (broad SMARTS) is 1. The molecule has 0 spiro atoms. The molecule has 146 valence electrons. The SMILES string of the molecule is CCCCCCCCc1ccc(-c2cc(-c3ccc(C(=O)O)cc3)no2)cc1. The highest BCUT2D eigenvalue weighted by Crippen LogP contribution is 2.26. The van der Waals surface area contributed by atoms with Gasteiger partial charge < -0.3 is 9.63 Å². The average Bonchev–Trinajstić information content (AvgIpc) is 3.21. The summed E-state index contributed by atoms with van der Waals surface area (Å²) in [5.41, 5.74) is 4.13. The fourth-order valence-corrected chi connectivity index (χ4v) is 3.28. The first-order valence-corrected chi connectivity index (χ1v) is 10.1. The number of unbranched alkanes of at least 4 members (excludes halogenated alkanes) is 5. The van der Waals surface area contributed by atoms with Gasteiger partial charge in [-0.15, -0.1) is 0 Å². The van der Waals surface area contributed by atoms with Gasteiger partial charge in [0.1, 0.15) is 5.69 Å². The van der Waals surface area contributed by atoms with Crippen LogP contribution in [0.2, 0.25) is 0 Å². The third kappa shape index (κ3) is 5.32. The van der Waals surface area contributed by atoms with Gasteiger partial charge in [0.2, 0.25) is 0 Å². The van der Waals surface area contributed by atoms with Crippen LogP contribution in [0, 0.1) is 0 Å². The van der Waals surface area contributed by atoms with Crippen LogP contribution in [-0.2, 0) is 6.42 Å². The fraction of sp³-hybridized carbons (Fsp3) is 0.333. The molecular weight excluding hydrogens is 350 g/mol. The van der Waals surface area contributed by atoms with Crippen LogP contribution in [-0.4, -0.2) is 16.2 Å². The molecule has 3 aromatic rings. The van der Waals surface area contributed by atoms with Crippen LogP contribution in [0.5, 0.6) is 0 Å². The number of nitrogens with zero attached hydrogens (tertiary/aromatic N) is 1. The summed E-state index contributed by atoms with van der Waals surface area (Å²) >= 11 is 0. The van der Waals surface area contributed by atoms with E-state index in [1.54, 1.807) is 24.3 Å². The molecule has 0 radical (unpaired) electrons. The molecule has 1 N–H and O–H groups in total. The Morgan fingerprint density at radius 2 is 1.54 bits per heavy atom. The van der Waals surface area contributed by atoms with Crippen LogP contribution in [0.3, 0.4) is 0 Å². The molecule has 0 aliphatic rings. The van der Waals surface area contributed by atoms with Crippen LogP contribution in [0.1, 0.15) is 61.4 Å². The molecule has 0 atom stereocenters. The van der Waals surface area contributed by atoms with E-state index < -0.39 is 5.97 Å². The van der Waals surface area contributed by atoms with E-state index in [1.807, 2.05) is 6.07 Å². The van der Waals surface area contributed by atoms with E-state index in [0.717, 1.165) is 17.5 Å². The van der Waals surface area contributed by atoms with E-state index in [4.69, 9.17) is 9.63 Å². The summed E-state index contributed by atoms with van der Waals surface area (Å²) in [6.45, 7) is 2.24. The molecular formula is C24H27NO3. The van der Waals surface area contributed by atoms with Crippen molar-refractivity contribution in [2.45, 2.75) is 51.9 Å². The van der Waals surface area contributed by atoms with Gasteiger partial charge in [-0.3, -0.25) is 0 Å². The zero-order chi connectivity index (χ0) is 19.8. The molecule has 28 heavy (non-hydrogen) atoms. The van der Waals surface area contributed by atoms with Gasteiger partial charge in [-0.1, -0.05) is 80.6 Å². The van der Waals surface area contributed by atoms with E-state index in [2.05, 4.69) is 36.3 Å². The van der Waals surface area contributed by atoms with Gasteiger partial charge in [-0.2, -0.15) is 0 Å². The number of aromatic carboxylic acids is 1. The van der Waals surface area contributed by atoms with Crippen molar-refractivity contribution in [2.24, 2.45) is 0 Å². The minimum atomic E-state index is -0.937. The zero-order valence-corrected chi connectivity index (χ0v) is 16.4. The zero-order valence-electron chi connectivity index (χ0n) is 16.4. The standard InChI is InChI=1S/C24H27NO3/c1-2-3-4-5-6-7-8-18-9-11-20(12-10-18)23-17-22(25-28-23)19-13-15-21(16-14-19)24(26)27/h9-17H,2-8H2,1H3,(H,26,27). The molecule has 0 saturated heterocycles. The van der Waals surface area contributed by atoms with Gasteiger partial charge in [0.05, 0.1) is 5.56 Å². The first-order valence-electron chi connectivity index (χ1n) is 10.1. The molecule has 4 heteroatoms. The molecule has 0 aliphatic heterocycles. The monoisotopic (exact) mass is 377 g/mol. The van der Waals surface area contributed by atoms with Crippen molar-refractivity contribution in [3.8, 4) is 22.6 Å². The second-order valence-corrected chi connectivity index (χ2v) is 7.17.